The van der Waals surface area contributed by atoms with E-state index in [1.807, 2.05) is 0 Å². The van der Waals surface area contributed by atoms with Crippen LogP contribution in [0.1, 0.15) is 30.1 Å². The lowest BCUT2D eigenvalue weighted by Gasteiger charge is -2.21. The highest BCUT2D eigenvalue weighted by Gasteiger charge is 2.14. The quantitative estimate of drug-likeness (QED) is 0.716. The minimum atomic E-state index is -0.334. The van der Waals surface area contributed by atoms with Crippen molar-refractivity contribution in [3.8, 4) is 0 Å². The highest BCUT2D eigenvalue weighted by molar-refractivity contribution is 6.18. The van der Waals surface area contributed by atoms with E-state index in [1.165, 1.54) is 24.3 Å². The van der Waals surface area contributed by atoms with Crippen LogP contribution in [0, 0.1) is 5.82 Å². The van der Waals surface area contributed by atoms with Gasteiger partial charge in [0.1, 0.15) is 5.82 Å². The Balaban J connectivity index is 2.72. The van der Waals surface area contributed by atoms with Gasteiger partial charge in [0, 0.05) is 24.5 Å². The molecular formula is C13H17ClFNO. The average Bonchev–Trinajstić information content (AvgIpc) is 2.34. The SMILES string of the molecule is CCCCN(CCCl)C(=O)c1ccc(F)cc1. The van der Waals surface area contributed by atoms with E-state index in [0.717, 1.165) is 12.8 Å². The number of halogens is 2. The Kier molecular flexibility index (Phi) is 5.98. The van der Waals surface area contributed by atoms with Gasteiger partial charge >= 0.3 is 0 Å². The molecule has 0 fully saturated rings. The summed E-state index contributed by atoms with van der Waals surface area (Å²) in [6, 6.07) is 5.60. The topological polar surface area (TPSA) is 20.3 Å². The number of hydrogen-bond acceptors (Lipinski definition) is 1. The molecule has 94 valence electrons. The van der Waals surface area contributed by atoms with Crippen molar-refractivity contribution in [2.45, 2.75) is 19.8 Å². The molecule has 0 saturated heterocycles. The summed E-state index contributed by atoms with van der Waals surface area (Å²) in [6.07, 6.45) is 1.97. The van der Waals surface area contributed by atoms with Crippen LogP contribution in [0.3, 0.4) is 0 Å². The highest BCUT2D eigenvalue weighted by Crippen LogP contribution is 2.08. The van der Waals surface area contributed by atoms with E-state index in [9.17, 15) is 9.18 Å². The van der Waals surface area contributed by atoms with E-state index < -0.39 is 0 Å². The van der Waals surface area contributed by atoms with E-state index in [0.29, 0.717) is 24.5 Å². The zero-order valence-electron chi connectivity index (χ0n) is 9.96. The van der Waals surface area contributed by atoms with Gasteiger partial charge in [-0.3, -0.25) is 4.79 Å². The zero-order valence-corrected chi connectivity index (χ0v) is 10.7. The maximum atomic E-state index is 12.8. The van der Waals surface area contributed by atoms with Gasteiger partial charge in [-0.2, -0.15) is 0 Å². The first kappa shape index (κ1) is 14.0. The third kappa shape index (κ3) is 4.35. The summed E-state index contributed by atoms with van der Waals surface area (Å²) >= 11 is 5.68. The molecule has 0 spiro atoms. The van der Waals surface area contributed by atoms with Crippen LogP contribution in [-0.2, 0) is 0 Å². The van der Waals surface area contributed by atoms with Crippen LogP contribution < -0.4 is 0 Å². The maximum absolute atomic E-state index is 12.8. The van der Waals surface area contributed by atoms with E-state index in [4.69, 9.17) is 11.6 Å². The van der Waals surface area contributed by atoms with E-state index in [-0.39, 0.29) is 11.7 Å². The molecule has 1 aromatic carbocycles. The van der Waals surface area contributed by atoms with Crippen molar-refractivity contribution in [2.24, 2.45) is 0 Å². The number of carbonyl (C=O) groups excluding carboxylic acids is 1. The van der Waals surface area contributed by atoms with E-state index in [1.54, 1.807) is 4.90 Å². The highest BCUT2D eigenvalue weighted by atomic mass is 35.5. The van der Waals surface area contributed by atoms with Crippen LogP contribution in [0.4, 0.5) is 4.39 Å². The molecule has 1 aromatic rings. The number of hydrogen-bond donors (Lipinski definition) is 0. The molecule has 0 unspecified atom stereocenters. The van der Waals surface area contributed by atoms with Crippen molar-refractivity contribution in [3.63, 3.8) is 0 Å². The van der Waals surface area contributed by atoms with Crippen LogP contribution in [-0.4, -0.2) is 29.8 Å². The van der Waals surface area contributed by atoms with Crippen molar-refractivity contribution in [2.75, 3.05) is 19.0 Å². The standard InChI is InChI=1S/C13H17ClFNO/c1-2-3-9-16(10-8-14)13(17)11-4-6-12(15)7-5-11/h4-7H,2-3,8-10H2,1H3. The molecule has 0 aliphatic heterocycles. The molecule has 0 radical (unpaired) electrons. The Hall–Kier alpha value is -1.09. The van der Waals surface area contributed by atoms with Gasteiger partial charge in [-0.25, -0.2) is 4.39 Å². The number of nitrogens with zero attached hydrogens (tertiary/aromatic N) is 1. The van der Waals surface area contributed by atoms with Gasteiger partial charge in [-0.1, -0.05) is 13.3 Å². The summed E-state index contributed by atoms with van der Waals surface area (Å²) in [6.45, 7) is 3.29. The molecule has 0 heterocycles. The van der Waals surface area contributed by atoms with Gasteiger partial charge in [0.2, 0.25) is 0 Å². The summed E-state index contributed by atoms with van der Waals surface area (Å²) < 4.78 is 12.8. The molecule has 1 amide bonds. The lowest BCUT2D eigenvalue weighted by molar-refractivity contribution is 0.0763. The lowest BCUT2D eigenvalue weighted by Crippen LogP contribution is -2.33. The Bertz CT molecular complexity index is 353. The Morgan fingerprint density at radius 1 is 1.29 bits per heavy atom. The monoisotopic (exact) mass is 257 g/mol. The molecule has 4 heteroatoms. The van der Waals surface area contributed by atoms with Gasteiger partial charge in [0.25, 0.3) is 5.91 Å². The predicted molar refractivity (Wildman–Crippen MR) is 67.9 cm³/mol. The van der Waals surface area contributed by atoms with Gasteiger partial charge in [-0.05, 0) is 30.7 Å². The molecule has 0 N–H and O–H groups in total. The molecule has 0 aliphatic carbocycles. The number of carbonyl (C=O) groups is 1. The first-order valence-electron chi connectivity index (χ1n) is 5.79. The van der Waals surface area contributed by atoms with Crippen LogP contribution >= 0.6 is 11.6 Å². The van der Waals surface area contributed by atoms with Crippen molar-refractivity contribution >= 4 is 17.5 Å². The molecule has 0 aliphatic rings. The smallest absolute Gasteiger partial charge is 0.253 e. The van der Waals surface area contributed by atoms with Crippen LogP contribution in [0.15, 0.2) is 24.3 Å². The fourth-order valence-corrected chi connectivity index (χ4v) is 1.74. The average molecular weight is 258 g/mol. The van der Waals surface area contributed by atoms with Crippen molar-refractivity contribution in [1.29, 1.82) is 0 Å². The number of unbranched alkanes of at least 4 members (excludes halogenated alkanes) is 1. The summed E-state index contributed by atoms with van der Waals surface area (Å²) in [5.41, 5.74) is 0.507. The van der Waals surface area contributed by atoms with Gasteiger partial charge in [0.15, 0.2) is 0 Å². The van der Waals surface area contributed by atoms with Crippen LogP contribution in [0.5, 0.6) is 0 Å². The second kappa shape index (κ2) is 7.28. The largest absolute Gasteiger partial charge is 0.337 e. The number of alkyl halides is 1. The normalized spacial score (nSPS) is 10.3. The first-order valence-corrected chi connectivity index (χ1v) is 6.33. The molecule has 0 saturated carbocycles. The van der Waals surface area contributed by atoms with Crippen molar-refractivity contribution < 1.29 is 9.18 Å². The molecule has 0 aromatic heterocycles. The fraction of sp³-hybridized carbons (Fsp3) is 0.462. The summed E-state index contributed by atoms with van der Waals surface area (Å²) in [4.78, 5) is 13.8. The van der Waals surface area contributed by atoms with Crippen molar-refractivity contribution in [1.82, 2.24) is 4.90 Å². The molecule has 1 rings (SSSR count). The Morgan fingerprint density at radius 2 is 1.94 bits per heavy atom. The van der Waals surface area contributed by atoms with Crippen LogP contribution in [0.25, 0.3) is 0 Å². The summed E-state index contributed by atoms with van der Waals surface area (Å²) in [7, 11) is 0. The minimum absolute atomic E-state index is 0.0842. The first-order chi connectivity index (χ1) is 8.19. The number of rotatable bonds is 6. The predicted octanol–water partition coefficient (Wildman–Crippen LogP) is 3.31. The Morgan fingerprint density at radius 3 is 2.47 bits per heavy atom. The zero-order chi connectivity index (χ0) is 12.7. The lowest BCUT2D eigenvalue weighted by atomic mass is 10.2. The second-order valence-corrected chi connectivity index (χ2v) is 4.22. The Labute approximate surface area is 106 Å². The van der Waals surface area contributed by atoms with Gasteiger partial charge < -0.3 is 4.90 Å². The molecular weight excluding hydrogens is 241 g/mol. The minimum Gasteiger partial charge on any atom is -0.337 e. The molecule has 2 nitrogen and oxygen atoms in total. The summed E-state index contributed by atoms with van der Waals surface area (Å²) in [5, 5.41) is 0. The van der Waals surface area contributed by atoms with Gasteiger partial charge in [0.05, 0.1) is 0 Å². The fourth-order valence-electron chi connectivity index (χ4n) is 1.54. The number of amides is 1. The third-order valence-electron chi connectivity index (χ3n) is 2.51. The second-order valence-electron chi connectivity index (χ2n) is 3.84. The maximum Gasteiger partial charge on any atom is 0.253 e. The van der Waals surface area contributed by atoms with Gasteiger partial charge in [-0.15, -0.1) is 11.6 Å². The van der Waals surface area contributed by atoms with Crippen molar-refractivity contribution in [3.05, 3.63) is 35.6 Å². The number of benzene rings is 1. The van der Waals surface area contributed by atoms with E-state index in [2.05, 4.69) is 6.92 Å². The molecule has 0 atom stereocenters. The third-order valence-corrected chi connectivity index (χ3v) is 2.68. The van der Waals surface area contributed by atoms with Crippen LogP contribution in [0.2, 0.25) is 0 Å². The molecule has 0 bridgehead atoms. The summed E-state index contributed by atoms with van der Waals surface area (Å²) in [5.74, 6) is -0.00508. The van der Waals surface area contributed by atoms with E-state index >= 15 is 0 Å². The molecule has 17 heavy (non-hydrogen) atoms.